The van der Waals surface area contributed by atoms with Gasteiger partial charge < -0.3 is 18.9 Å². The highest BCUT2D eigenvalue weighted by Crippen LogP contribution is 2.16. The zero-order valence-corrected chi connectivity index (χ0v) is 37.5. The lowest BCUT2D eigenvalue weighted by Gasteiger charge is -2.13. The number of ketones is 4. The highest BCUT2D eigenvalue weighted by molar-refractivity contribution is 7.98. The van der Waals surface area contributed by atoms with Gasteiger partial charge in [0.2, 0.25) is 0 Å². The minimum Gasteiger partial charge on any atom is -0.381 e. The van der Waals surface area contributed by atoms with Crippen molar-refractivity contribution in [3.8, 4) is 0 Å². The summed E-state index contributed by atoms with van der Waals surface area (Å²) in [6.45, 7) is 17.4. The molecule has 0 N–H and O–H groups in total. The number of carbonyl (C=O) groups excluding carboxylic acids is 4. The fourth-order valence-electron chi connectivity index (χ4n) is 5.45. The van der Waals surface area contributed by atoms with E-state index in [-0.39, 0.29) is 107 Å². The van der Waals surface area contributed by atoms with E-state index >= 15 is 0 Å². The molecule has 0 aliphatic carbocycles. The summed E-state index contributed by atoms with van der Waals surface area (Å²) in [5, 5.41) is 0. The first-order valence-corrected chi connectivity index (χ1v) is 21.5. The number of Topliss-reactive ketones (excluding diaryl/α,β-unsaturated/α-hetero) is 4. The van der Waals surface area contributed by atoms with E-state index in [0.717, 1.165) is 75.7 Å². The van der Waals surface area contributed by atoms with E-state index in [2.05, 4.69) is 44.0 Å². The Kier molecular flexibility index (Phi) is 92.1. The Bertz CT molecular complexity index is 1120. The van der Waals surface area contributed by atoms with Crippen molar-refractivity contribution in [2.45, 2.75) is 226 Å². The summed E-state index contributed by atoms with van der Waals surface area (Å²) in [4.78, 5) is 43.4. The van der Waals surface area contributed by atoms with Gasteiger partial charge in [-0.2, -0.15) is 11.8 Å². The molecule has 1 aromatic rings. The highest BCUT2D eigenvalue weighted by Gasteiger charge is 2.11. The largest absolute Gasteiger partial charge is 0.381 e. The summed E-state index contributed by atoms with van der Waals surface area (Å²) in [5.74, 6) is 2.85. The molecular formula is C55H112O8S. The van der Waals surface area contributed by atoms with Crippen LogP contribution in [0.25, 0.3) is 0 Å². The van der Waals surface area contributed by atoms with Gasteiger partial charge in [-0.3, -0.25) is 19.2 Å². The molecule has 0 saturated heterocycles. The first-order chi connectivity index (χ1) is 26.8. The maximum atomic E-state index is 11.0. The molecule has 0 heterocycles. The van der Waals surface area contributed by atoms with Crippen LogP contribution in [0.4, 0.5) is 0 Å². The maximum Gasteiger partial charge on any atom is 0.132 e. The third kappa shape index (κ3) is 68.4. The summed E-state index contributed by atoms with van der Waals surface area (Å²) >= 11 is 1.89. The third-order valence-corrected chi connectivity index (χ3v) is 9.71. The topological polar surface area (TPSA) is 105 Å². The summed E-state index contributed by atoms with van der Waals surface area (Å²) in [6.07, 6.45) is 22.3. The standard InChI is InChI=1S/C14H20O2S.C13H24O2.C11H20O2.C9H16O2.8CH4/c1-12(15)10-14(16-2)8-9-17-11-13-6-4-3-5-7-13;1-4-5-6-7-8-9-10-13(15-3)11-12(2)14;1-4-5-6-7-8-11(13-3)9-10(2)12;1-4-5-6-9(11-3)7-8(2)10;;;;;;;;/h3-7,14H,8-11H2,1-2H3;4,13H,1,5-11H2,2-3H3;4,11H,1,5-9H2,2-3H3;4,9H,1,5-7H2,2-3H3;8*1H4. The number of methoxy groups -OCH3 is 4. The Labute approximate surface area is 406 Å². The van der Waals surface area contributed by atoms with Crippen LogP contribution in [0.2, 0.25) is 0 Å². The van der Waals surface area contributed by atoms with Gasteiger partial charge in [0.15, 0.2) is 0 Å². The maximum absolute atomic E-state index is 11.0. The average Bonchev–Trinajstić information content (AvgIpc) is 3.17. The van der Waals surface area contributed by atoms with Crippen LogP contribution in [-0.4, -0.2) is 81.7 Å². The molecule has 64 heavy (non-hydrogen) atoms. The van der Waals surface area contributed by atoms with Crippen LogP contribution >= 0.6 is 11.8 Å². The summed E-state index contributed by atoms with van der Waals surface area (Å²) in [5.41, 5.74) is 1.35. The van der Waals surface area contributed by atoms with Crippen molar-refractivity contribution in [2.24, 2.45) is 0 Å². The SMILES string of the molecule is C.C.C.C.C.C.C.C.C=CCCC(CC(C)=O)OC.C=CCCCCC(CC(C)=O)OC.C=CCCCCCCC(CC(C)=O)OC.COC(CCSCc1ccccc1)CC(C)=O. The van der Waals surface area contributed by atoms with Crippen LogP contribution in [0, 0.1) is 0 Å². The molecule has 4 atom stereocenters. The molecule has 0 spiro atoms. The minimum absolute atomic E-state index is 0. The molecule has 0 amide bonds. The van der Waals surface area contributed by atoms with Crippen LogP contribution < -0.4 is 0 Å². The van der Waals surface area contributed by atoms with Gasteiger partial charge in [0.1, 0.15) is 23.1 Å². The van der Waals surface area contributed by atoms with Gasteiger partial charge in [0, 0.05) is 59.9 Å². The molecule has 4 unspecified atom stereocenters. The lowest BCUT2D eigenvalue weighted by atomic mass is 10.0. The van der Waals surface area contributed by atoms with E-state index in [4.69, 9.17) is 18.9 Å². The molecule has 0 bridgehead atoms. The number of ether oxygens (including phenoxy) is 4. The van der Waals surface area contributed by atoms with Crippen molar-refractivity contribution in [2.75, 3.05) is 34.2 Å². The highest BCUT2D eigenvalue weighted by atomic mass is 32.2. The summed E-state index contributed by atoms with van der Waals surface area (Å²) in [6, 6.07) is 10.4. The Morgan fingerprint density at radius 3 is 1.12 bits per heavy atom. The quantitative estimate of drug-likeness (QED) is 0.0516. The third-order valence-electron chi connectivity index (χ3n) is 8.65. The molecule has 0 radical (unpaired) electrons. The lowest BCUT2D eigenvalue weighted by Crippen LogP contribution is -2.15. The van der Waals surface area contributed by atoms with Crippen LogP contribution in [0.1, 0.15) is 202 Å². The Hall–Kier alpha value is -2.69. The smallest absolute Gasteiger partial charge is 0.132 e. The van der Waals surface area contributed by atoms with E-state index in [1.54, 1.807) is 56.1 Å². The van der Waals surface area contributed by atoms with E-state index in [1.165, 1.54) is 24.8 Å². The van der Waals surface area contributed by atoms with Gasteiger partial charge in [-0.1, -0.05) is 134 Å². The number of carbonyl (C=O) groups is 4. The minimum atomic E-state index is 0. The van der Waals surface area contributed by atoms with Crippen molar-refractivity contribution in [1.29, 1.82) is 0 Å². The normalized spacial score (nSPS) is 10.9. The first kappa shape index (κ1) is 88.1. The number of hydrogen-bond donors (Lipinski definition) is 0. The van der Waals surface area contributed by atoms with Crippen molar-refractivity contribution in [3.05, 3.63) is 73.9 Å². The summed E-state index contributed by atoms with van der Waals surface area (Å²) in [7, 11) is 6.67. The molecule has 386 valence electrons. The molecule has 0 aliphatic heterocycles. The monoisotopic (exact) mass is 933 g/mol. The van der Waals surface area contributed by atoms with Gasteiger partial charge in [-0.15, -0.1) is 19.7 Å². The van der Waals surface area contributed by atoms with Crippen LogP contribution in [0.3, 0.4) is 0 Å². The van der Waals surface area contributed by atoms with Crippen LogP contribution in [0.15, 0.2) is 68.3 Å². The first-order valence-electron chi connectivity index (χ1n) is 20.4. The van der Waals surface area contributed by atoms with Gasteiger partial charge in [-0.25, -0.2) is 0 Å². The zero-order chi connectivity index (χ0) is 42.8. The van der Waals surface area contributed by atoms with E-state index in [0.29, 0.717) is 25.7 Å². The van der Waals surface area contributed by atoms with Crippen LogP contribution in [0.5, 0.6) is 0 Å². The van der Waals surface area contributed by atoms with E-state index in [1.807, 2.05) is 36.1 Å². The number of allylic oxidation sites excluding steroid dienone is 3. The lowest BCUT2D eigenvalue weighted by molar-refractivity contribution is -0.120. The molecule has 0 aromatic heterocycles. The molecule has 1 aromatic carbocycles. The second kappa shape index (κ2) is 66.9. The molecule has 0 fully saturated rings. The van der Waals surface area contributed by atoms with Gasteiger partial charge in [-0.05, 0) is 96.8 Å². The molecule has 8 nitrogen and oxygen atoms in total. The molecule has 0 aliphatic rings. The molecular weight excluding hydrogens is 821 g/mol. The van der Waals surface area contributed by atoms with Gasteiger partial charge in [0.05, 0.1) is 24.4 Å². The van der Waals surface area contributed by atoms with Crippen molar-refractivity contribution < 1.29 is 38.1 Å². The number of benzene rings is 1. The second-order valence-electron chi connectivity index (χ2n) is 14.1. The Morgan fingerprint density at radius 2 is 0.781 bits per heavy atom. The molecule has 0 saturated carbocycles. The zero-order valence-electron chi connectivity index (χ0n) is 36.7. The van der Waals surface area contributed by atoms with Gasteiger partial charge >= 0.3 is 0 Å². The van der Waals surface area contributed by atoms with Crippen molar-refractivity contribution in [1.82, 2.24) is 0 Å². The fourth-order valence-corrected chi connectivity index (χ4v) is 6.46. The number of rotatable bonds is 32. The van der Waals surface area contributed by atoms with E-state index < -0.39 is 0 Å². The van der Waals surface area contributed by atoms with Crippen molar-refractivity contribution in [3.63, 3.8) is 0 Å². The Morgan fingerprint density at radius 1 is 0.469 bits per heavy atom. The average molecular weight is 934 g/mol. The number of thioether (sulfide) groups is 1. The predicted molar refractivity (Wildman–Crippen MR) is 291 cm³/mol. The number of unbranched alkanes of at least 4 members (excludes halogenated alkanes) is 6. The molecule has 9 heteroatoms. The Balaban J connectivity index is -0.0000000631. The molecule has 1 rings (SSSR count). The fraction of sp³-hybridized carbons (Fsp3) is 0.709. The second-order valence-corrected chi connectivity index (χ2v) is 15.2. The van der Waals surface area contributed by atoms with E-state index in [9.17, 15) is 19.2 Å². The predicted octanol–water partition coefficient (Wildman–Crippen LogP) is 16.6. The van der Waals surface area contributed by atoms with Gasteiger partial charge in [0.25, 0.3) is 0 Å². The summed E-state index contributed by atoms with van der Waals surface area (Å²) < 4.78 is 20.8. The van der Waals surface area contributed by atoms with Crippen molar-refractivity contribution >= 4 is 34.9 Å². The van der Waals surface area contributed by atoms with Crippen LogP contribution in [-0.2, 0) is 43.9 Å². The number of hydrogen-bond acceptors (Lipinski definition) is 9.